The smallest absolute Gasteiger partial charge is 0.243 e. The SMILES string of the molecule is Cc1ccc(S(=O)(=O)N2CCCC(C(=O)N3CCNC[C@@H]3C)C2)cc1.Cl. The van der Waals surface area contributed by atoms with E-state index in [1.807, 2.05) is 30.9 Å². The van der Waals surface area contributed by atoms with Gasteiger partial charge < -0.3 is 10.2 Å². The quantitative estimate of drug-likeness (QED) is 0.835. The zero-order valence-electron chi connectivity index (χ0n) is 15.3. The first-order valence-electron chi connectivity index (χ1n) is 8.97. The van der Waals surface area contributed by atoms with Crippen molar-refractivity contribution in [2.45, 2.75) is 37.6 Å². The molecule has 6 nitrogen and oxygen atoms in total. The Bertz CT molecular complexity index is 724. The summed E-state index contributed by atoms with van der Waals surface area (Å²) in [4.78, 5) is 15.1. The number of amides is 1. The molecular formula is C18H28ClN3O3S. The monoisotopic (exact) mass is 401 g/mol. The summed E-state index contributed by atoms with van der Waals surface area (Å²) in [7, 11) is -3.54. The maximum atomic E-state index is 12.9. The van der Waals surface area contributed by atoms with E-state index in [2.05, 4.69) is 5.32 Å². The fraction of sp³-hybridized carbons (Fsp3) is 0.611. The summed E-state index contributed by atoms with van der Waals surface area (Å²) in [5.74, 6) is -0.146. The van der Waals surface area contributed by atoms with Crippen molar-refractivity contribution in [3.8, 4) is 0 Å². The maximum absolute atomic E-state index is 12.9. The summed E-state index contributed by atoms with van der Waals surface area (Å²) in [6, 6.07) is 7.07. The van der Waals surface area contributed by atoms with E-state index < -0.39 is 10.0 Å². The van der Waals surface area contributed by atoms with Crippen LogP contribution in [0.3, 0.4) is 0 Å². The summed E-state index contributed by atoms with van der Waals surface area (Å²) in [5, 5.41) is 3.28. The van der Waals surface area contributed by atoms with Crippen LogP contribution in [0.4, 0.5) is 0 Å². The number of benzene rings is 1. The van der Waals surface area contributed by atoms with Gasteiger partial charge in [0.2, 0.25) is 15.9 Å². The van der Waals surface area contributed by atoms with E-state index in [0.29, 0.717) is 18.0 Å². The van der Waals surface area contributed by atoms with Gasteiger partial charge in [0, 0.05) is 38.8 Å². The van der Waals surface area contributed by atoms with Crippen molar-refractivity contribution in [1.29, 1.82) is 0 Å². The standard InChI is InChI=1S/C18H27N3O3S.ClH/c1-14-5-7-17(8-6-14)25(23,24)20-10-3-4-16(13-20)18(22)21-11-9-19-12-15(21)2;/h5-8,15-16,19H,3-4,9-13H2,1-2H3;1H/t15-,16?;/m0./s1. The number of rotatable bonds is 3. The third kappa shape index (κ3) is 4.39. The molecule has 8 heteroatoms. The molecule has 0 aromatic heterocycles. The van der Waals surface area contributed by atoms with E-state index in [0.717, 1.165) is 31.5 Å². The number of carbonyl (C=O) groups is 1. The number of carbonyl (C=O) groups excluding carboxylic acids is 1. The second kappa shape index (κ2) is 8.69. The minimum atomic E-state index is -3.54. The van der Waals surface area contributed by atoms with Crippen LogP contribution in [-0.2, 0) is 14.8 Å². The minimum absolute atomic E-state index is 0. The molecule has 1 aromatic rings. The Morgan fingerprint density at radius 1 is 1.19 bits per heavy atom. The molecule has 0 saturated carbocycles. The average Bonchev–Trinajstić information content (AvgIpc) is 2.62. The van der Waals surface area contributed by atoms with Crippen LogP contribution >= 0.6 is 12.4 Å². The van der Waals surface area contributed by atoms with Crippen LogP contribution < -0.4 is 5.32 Å². The average molecular weight is 402 g/mol. The molecule has 2 saturated heterocycles. The number of sulfonamides is 1. The van der Waals surface area contributed by atoms with E-state index in [4.69, 9.17) is 0 Å². The summed E-state index contributed by atoms with van der Waals surface area (Å²) in [5.41, 5.74) is 1.03. The summed E-state index contributed by atoms with van der Waals surface area (Å²) in [6.45, 7) is 7.02. The molecular weight excluding hydrogens is 374 g/mol. The van der Waals surface area contributed by atoms with E-state index >= 15 is 0 Å². The predicted octanol–water partition coefficient (Wildman–Crippen LogP) is 1.64. The van der Waals surface area contributed by atoms with Crippen molar-refractivity contribution in [3.05, 3.63) is 29.8 Å². The van der Waals surface area contributed by atoms with Gasteiger partial charge in [-0.25, -0.2) is 8.42 Å². The Balaban J connectivity index is 0.00000243. The minimum Gasteiger partial charge on any atom is -0.337 e. The molecule has 2 heterocycles. The Morgan fingerprint density at radius 2 is 1.88 bits per heavy atom. The third-order valence-electron chi connectivity index (χ3n) is 5.18. The highest BCUT2D eigenvalue weighted by atomic mass is 35.5. The topological polar surface area (TPSA) is 69.7 Å². The fourth-order valence-corrected chi connectivity index (χ4v) is 5.15. The van der Waals surface area contributed by atoms with E-state index in [9.17, 15) is 13.2 Å². The molecule has 2 fully saturated rings. The van der Waals surface area contributed by atoms with Crippen molar-refractivity contribution in [2.75, 3.05) is 32.7 Å². The van der Waals surface area contributed by atoms with E-state index in [1.165, 1.54) is 4.31 Å². The molecule has 2 aliphatic heterocycles. The number of aryl methyl sites for hydroxylation is 1. The molecule has 1 aromatic carbocycles. The number of halogens is 1. The molecule has 2 atom stereocenters. The summed E-state index contributed by atoms with van der Waals surface area (Å²) < 4.78 is 27.3. The number of nitrogens with one attached hydrogen (secondary N) is 1. The van der Waals surface area contributed by atoms with E-state index in [1.54, 1.807) is 12.1 Å². The molecule has 0 spiro atoms. The van der Waals surface area contributed by atoms with Crippen LogP contribution in [-0.4, -0.2) is 62.3 Å². The van der Waals surface area contributed by atoms with Crippen LogP contribution in [0.1, 0.15) is 25.3 Å². The number of hydrogen-bond donors (Lipinski definition) is 1. The molecule has 3 rings (SSSR count). The molecule has 1 N–H and O–H groups in total. The van der Waals surface area contributed by atoms with Gasteiger partial charge in [-0.15, -0.1) is 12.4 Å². The van der Waals surface area contributed by atoms with Crippen LogP contribution in [0.2, 0.25) is 0 Å². The van der Waals surface area contributed by atoms with Crippen LogP contribution in [0.5, 0.6) is 0 Å². The molecule has 1 unspecified atom stereocenters. The van der Waals surface area contributed by atoms with Crippen LogP contribution in [0, 0.1) is 12.8 Å². The van der Waals surface area contributed by atoms with Gasteiger partial charge in [-0.05, 0) is 38.8 Å². The lowest BCUT2D eigenvalue weighted by atomic mass is 9.97. The summed E-state index contributed by atoms with van der Waals surface area (Å²) in [6.07, 6.45) is 1.48. The Hall–Kier alpha value is -1.15. The zero-order chi connectivity index (χ0) is 18.0. The van der Waals surface area contributed by atoms with Crippen molar-refractivity contribution in [1.82, 2.24) is 14.5 Å². The second-order valence-corrected chi connectivity index (χ2v) is 9.04. The lowest BCUT2D eigenvalue weighted by Gasteiger charge is -2.39. The predicted molar refractivity (Wildman–Crippen MR) is 104 cm³/mol. The first-order valence-corrected chi connectivity index (χ1v) is 10.4. The van der Waals surface area contributed by atoms with E-state index in [-0.39, 0.29) is 36.8 Å². The molecule has 1 amide bonds. The Morgan fingerprint density at radius 3 is 2.54 bits per heavy atom. The van der Waals surface area contributed by atoms with Crippen molar-refractivity contribution in [3.63, 3.8) is 0 Å². The Kier molecular flexibility index (Phi) is 7.07. The van der Waals surface area contributed by atoms with Gasteiger partial charge in [-0.1, -0.05) is 17.7 Å². The lowest BCUT2D eigenvalue weighted by molar-refractivity contribution is -0.139. The number of hydrogen-bond acceptors (Lipinski definition) is 4. The second-order valence-electron chi connectivity index (χ2n) is 7.10. The van der Waals surface area contributed by atoms with Gasteiger partial charge in [0.1, 0.15) is 0 Å². The largest absolute Gasteiger partial charge is 0.337 e. The first-order chi connectivity index (χ1) is 11.9. The van der Waals surface area contributed by atoms with Gasteiger partial charge in [-0.3, -0.25) is 4.79 Å². The highest BCUT2D eigenvalue weighted by Gasteiger charge is 2.36. The lowest BCUT2D eigenvalue weighted by Crippen LogP contribution is -2.55. The normalized spacial score (nSPS) is 24.8. The number of piperazine rings is 1. The molecule has 2 aliphatic rings. The maximum Gasteiger partial charge on any atom is 0.243 e. The molecule has 26 heavy (non-hydrogen) atoms. The van der Waals surface area contributed by atoms with Crippen molar-refractivity contribution < 1.29 is 13.2 Å². The van der Waals surface area contributed by atoms with Crippen LogP contribution in [0.25, 0.3) is 0 Å². The van der Waals surface area contributed by atoms with Gasteiger partial charge in [0.25, 0.3) is 0 Å². The van der Waals surface area contributed by atoms with Gasteiger partial charge in [0.15, 0.2) is 0 Å². The zero-order valence-corrected chi connectivity index (χ0v) is 17.0. The molecule has 0 aliphatic carbocycles. The number of nitrogens with zero attached hydrogens (tertiary/aromatic N) is 2. The molecule has 146 valence electrons. The highest BCUT2D eigenvalue weighted by Crippen LogP contribution is 2.26. The molecule has 0 radical (unpaired) electrons. The first kappa shape index (κ1) is 21.2. The fourth-order valence-electron chi connectivity index (χ4n) is 3.62. The van der Waals surface area contributed by atoms with Gasteiger partial charge in [-0.2, -0.15) is 4.31 Å². The Labute approximate surface area is 162 Å². The summed E-state index contributed by atoms with van der Waals surface area (Å²) >= 11 is 0. The van der Waals surface area contributed by atoms with Gasteiger partial charge >= 0.3 is 0 Å². The van der Waals surface area contributed by atoms with Crippen LogP contribution in [0.15, 0.2) is 29.2 Å². The number of piperidine rings is 1. The highest BCUT2D eigenvalue weighted by molar-refractivity contribution is 7.89. The van der Waals surface area contributed by atoms with Gasteiger partial charge in [0.05, 0.1) is 10.8 Å². The molecule has 0 bridgehead atoms. The van der Waals surface area contributed by atoms with Crippen molar-refractivity contribution in [2.24, 2.45) is 5.92 Å². The third-order valence-corrected chi connectivity index (χ3v) is 7.06. The van der Waals surface area contributed by atoms with Crippen molar-refractivity contribution >= 4 is 28.3 Å².